The summed E-state index contributed by atoms with van der Waals surface area (Å²) in [5, 5.41) is 6.40. The quantitative estimate of drug-likeness (QED) is 0.687. The number of piperidine rings is 1. The Morgan fingerprint density at radius 3 is 2.65 bits per heavy atom. The lowest BCUT2D eigenvalue weighted by Crippen LogP contribution is -2.39. The lowest BCUT2D eigenvalue weighted by molar-refractivity contribution is 0.0605. The highest BCUT2D eigenvalue weighted by atomic mass is 19.1. The van der Waals surface area contributed by atoms with Crippen molar-refractivity contribution in [2.45, 2.75) is 32.2 Å². The molecule has 3 aromatic rings. The van der Waals surface area contributed by atoms with E-state index in [1.54, 1.807) is 6.92 Å². The maximum absolute atomic E-state index is 14.4. The molecular weight excluding hydrogens is 329 g/mol. The molecular formula is C21H22FN3O. The molecule has 0 radical (unpaired) electrons. The van der Waals surface area contributed by atoms with Gasteiger partial charge in [-0.25, -0.2) is 4.68 Å². The predicted octanol–water partition coefficient (Wildman–Crippen LogP) is 4.39. The summed E-state index contributed by atoms with van der Waals surface area (Å²) in [5.74, 6) is -0.818. The molecule has 1 aliphatic heterocycles. The van der Waals surface area contributed by atoms with Gasteiger partial charge in [0.15, 0.2) is 0 Å². The van der Waals surface area contributed by atoms with Crippen LogP contribution in [0.3, 0.4) is 0 Å². The number of aromatic nitrogens is 2. The average Bonchev–Trinajstić information content (AvgIpc) is 2.92. The Labute approximate surface area is 152 Å². The van der Waals surface area contributed by atoms with Crippen molar-refractivity contribution in [3.63, 3.8) is 0 Å². The highest BCUT2D eigenvalue weighted by Crippen LogP contribution is 2.34. The largest absolute Gasteiger partial charge is 0.331 e. The Morgan fingerprint density at radius 2 is 1.92 bits per heavy atom. The Kier molecular flexibility index (Phi) is 4.23. The van der Waals surface area contributed by atoms with Gasteiger partial charge in [-0.3, -0.25) is 4.79 Å². The average molecular weight is 351 g/mol. The fraction of sp³-hybridized carbons (Fsp3) is 0.333. The van der Waals surface area contributed by atoms with Gasteiger partial charge < -0.3 is 4.90 Å². The smallest absolute Gasteiger partial charge is 0.260 e. The van der Waals surface area contributed by atoms with Crippen molar-refractivity contribution in [3.05, 3.63) is 65.2 Å². The van der Waals surface area contributed by atoms with Crippen LogP contribution < -0.4 is 0 Å². The molecule has 1 aromatic heterocycles. The molecule has 0 spiro atoms. The second kappa shape index (κ2) is 6.56. The number of fused-ring (bicyclic) bond motifs is 1. The van der Waals surface area contributed by atoms with Crippen LogP contribution in [0.5, 0.6) is 0 Å². The molecule has 4 rings (SSSR count). The number of likely N-dealkylation sites (tertiary alicyclic amines) is 1. The van der Waals surface area contributed by atoms with Crippen LogP contribution in [-0.2, 0) is 7.05 Å². The summed E-state index contributed by atoms with van der Waals surface area (Å²) in [4.78, 5) is 15.0. The molecule has 2 heterocycles. The highest BCUT2D eigenvalue weighted by molar-refractivity contribution is 5.95. The van der Waals surface area contributed by atoms with E-state index in [0.717, 1.165) is 34.9 Å². The second-order valence-electron chi connectivity index (χ2n) is 6.99. The van der Waals surface area contributed by atoms with E-state index in [-0.39, 0.29) is 17.5 Å². The Morgan fingerprint density at radius 1 is 1.15 bits per heavy atom. The minimum absolute atomic E-state index is 0.0279. The first-order chi connectivity index (χ1) is 12.6. The van der Waals surface area contributed by atoms with Crippen LogP contribution in [0.4, 0.5) is 4.39 Å². The molecule has 2 aromatic carbocycles. The maximum Gasteiger partial charge on any atom is 0.260 e. The van der Waals surface area contributed by atoms with Gasteiger partial charge in [0.1, 0.15) is 5.56 Å². The lowest BCUT2D eigenvalue weighted by Gasteiger charge is -2.36. The molecule has 0 aliphatic carbocycles. The minimum atomic E-state index is -0.560. The van der Waals surface area contributed by atoms with E-state index in [9.17, 15) is 9.18 Å². The Balaban J connectivity index is 1.72. The summed E-state index contributed by atoms with van der Waals surface area (Å²) in [6.45, 7) is 2.33. The lowest BCUT2D eigenvalue weighted by atomic mass is 9.93. The van der Waals surface area contributed by atoms with Crippen molar-refractivity contribution in [1.82, 2.24) is 14.7 Å². The van der Waals surface area contributed by atoms with Gasteiger partial charge >= 0.3 is 0 Å². The number of amides is 1. The van der Waals surface area contributed by atoms with Crippen molar-refractivity contribution >= 4 is 16.7 Å². The molecule has 1 unspecified atom stereocenters. The number of carbonyl (C=O) groups is 1. The zero-order valence-electron chi connectivity index (χ0n) is 15.1. The molecule has 4 nitrogen and oxygen atoms in total. The van der Waals surface area contributed by atoms with Crippen molar-refractivity contribution in [2.24, 2.45) is 7.05 Å². The SMILES string of the molecule is Cc1nn(C)c(F)c1C(=O)N1CCCCC1c1ccc2ccccc2c1. The third-order valence-corrected chi connectivity index (χ3v) is 5.29. The molecule has 1 aliphatic rings. The standard InChI is InChI=1S/C21H22FN3O/c1-14-19(20(22)24(2)23-14)21(26)25-12-6-5-9-18(25)17-11-10-15-7-3-4-8-16(15)13-17/h3-4,7-8,10-11,13,18H,5-6,9,12H2,1-2H3. The van der Waals surface area contributed by atoms with Crippen LogP contribution in [0.25, 0.3) is 10.8 Å². The highest BCUT2D eigenvalue weighted by Gasteiger charge is 2.32. The van der Waals surface area contributed by atoms with Gasteiger partial charge in [-0.05, 0) is 48.6 Å². The monoisotopic (exact) mass is 351 g/mol. The summed E-state index contributed by atoms with van der Waals surface area (Å²) >= 11 is 0. The normalized spacial score (nSPS) is 17.7. The first kappa shape index (κ1) is 16.8. The topological polar surface area (TPSA) is 38.1 Å². The van der Waals surface area contributed by atoms with E-state index in [2.05, 4.69) is 35.4 Å². The van der Waals surface area contributed by atoms with E-state index in [0.29, 0.717) is 12.2 Å². The van der Waals surface area contributed by atoms with Crippen LogP contribution in [0, 0.1) is 12.9 Å². The Hall–Kier alpha value is -2.69. The van der Waals surface area contributed by atoms with Gasteiger partial charge in [0.25, 0.3) is 5.91 Å². The first-order valence-electron chi connectivity index (χ1n) is 9.05. The number of rotatable bonds is 2. The van der Waals surface area contributed by atoms with Crippen molar-refractivity contribution in [3.8, 4) is 0 Å². The maximum atomic E-state index is 14.4. The number of benzene rings is 2. The number of halogens is 1. The second-order valence-corrected chi connectivity index (χ2v) is 6.99. The molecule has 1 atom stereocenters. The van der Waals surface area contributed by atoms with E-state index >= 15 is 0 Å². The molecule has 0 bridgehead atoms. The van der Waals surface area contributed by atoms with E-state index in [1.165, 1.54) is 12.4 Å². The van der Waals surface area contributed by atoms with Crippen molar-refractivity contribution < 1.29 is 9.18 Å². The number of nitrogens with zero attached hydrogens (tertiary/aromatic N) is 3. The fourth-order valence-electron chi connectivity index (χ4n) is 3.95. The van der Waals surface area contributed by atoms with Crippen LogP contribution in [0.1, 0.15) is 46.9 Å². The van der Waals surface area contributed by atoms with Gasteiger partial charge in [0.2, 0.25) is 5.95 Å². The van der Waals surface area contributed by atoms with Gasteiger partial charge in [0, 0.05) is 13.6 Å². The Bertz CT molecular complexity index is 979. The molecule has 1 fully saturated rings. The third kappa shape index (κ3) is 2.77. The molecule has 0 saturated carbocycles. The van der Waals surface area contributed by atoms with Gasteiger partial charge in [0.05, 0.1) is 11.7 Å². The summed E-state index contributed by atoms with van der Waals surface area (Å²) in [6.07, 6.45) is 2.90. The van der Waals surface area contributed by atoms with E-state index in [4.69, 9.17) is 0 Å². The number of aryl methyl sites for hydroxylation is 2. The fourth-order valence-corrected chi connectivity index (χ4v) is 3.95. The molecule has 26 heavy (non-hydrogen) atoms. The van der Waals surface area contributed by atoms with Gasteiger partial charge in [-0.2, -0.15) is 9.49 Å². The molecule has 0 N–H and O–H groups in total. The molecule has 134 valence electrons. The minimum Gasteiger partial charge on any atom is -0.331 e. The van der Waals surface area contributed by atoms with E-state index < -0.39 is 5.95 Å². The first-order valence-corrected chi connectivity index (χ1v) is 9.05. The van der Waals surface area contributed by atoms with Crippen LogP contribution in [0.15, 0.2) is 42.5 Å². The molecule has 1 saturated heterocycles. The van der Waals surface area contributed by atoms with Gasteiger partial charge in [-0.15, -0.1) is 0 Å². The predicted molar refractivity (Wildman–Crippen MR) is 99.5 cm³/mol. The zero-order valence-corrected chi connectivity index (χ0v) is 15.1. The third-order valence-electron chi connectivity index (χ3n) is 5.29. The van der Waals surface area contributed by atoms with Gasteiger partial charge in [-0.1, -0.05) is 36.4 Å². The van der Waals surface area contributed by atoms with Crippen molar-refractivity contribution in [2.75, 3.05) is 6.54 Å². The number of carbonyl (C=O) groups excluding carboxylic acids is 1. The molecule has 5 heteroatoms. The van der Waals surface area contributed by atoms with E-state index in [1.807, 2.05) is 17.0 Å². The summed E-state index contributed by atoms with van der Waals surface area (Å²) < 4.78 is 15.6. The summed E-state index contributed by atoms with van der Waals surface area (Å²) in [7, 11) is 1.52. The number of hydrogen-bond acceptors (Lipinski definition) is 2. The zero-order chi connectivity index (χ0) is 18.3. The van der Waals surface area contributed by atoms with Crippen LogP contribution in [-0.4, -0.2) is 27.1 Å². The molecule has 1 amide bonds. The number of hydrogen-bond donors (Lipinski definition) is 0. The summed E-state index contributed by atoms with van der Waals surface area (Å²) in [5.41, 5.74) is 1.65. The summed E-state index contributed by atoms with van der Waals surface area (Å²) in [6, 6.07) is 14.5. The van der Waals surface area contributed by atoms with Crippen LogP contribution in [0.2, 0.25) is 0 Å². The van der Waals surface area contributed by atoms with Crippen LogP contribution >= 0.6 is 0 Å². The van der Waals surface area contributed by atoms with Crippen molar-refractivity contribution in [1.29, 1.82) is 0 Å².